The molecule has 0 aliphatic rings. The Morgan fingerprint density at radius 3 is 2.85 bits per heavy atom. The second kappa shape index (κ2) is 5.43. The highest BCUT2D eigenvalue weighted by Gasteiger charge is 2.15. The van der Waals surface area contributed by atoms with Crippen LogP contribution >= 0.6 is 0 Å². The third kappa shape index (κ3) is 2.61. The number of nitrogens with two attached hydrogens (primary N) is 1. The van der Waals surface area contributed by atoms with Gasteiger partial charge >= 0.3 is 0 Å². The van der Waals surface area contributed by atoms with Gasteiger partial charge in [0.2, 0.25) is 0 Å². The number of hydrogen-bond donors (Lipinski definition) is 4. The van der Waals surface area contributed by atoms with Crippen LogP contribution < -0.4 is 11.1 Å². The number of aryl methyl sites for hydroxylation is 2. The average Bonchev–Trinajstić information content (AvgIpc) is 2.88. The molecule has 0 aliphatic carbocycles. The maximum Gasteiger partial charge on any atom is 0.257 e. The molecule has 7 nitrogen and oxygen atoms in total. The summed E-state index contributed by atoms with van der Waals surface area (Å²) in [5, 5.41) is 20.6. The van der Waals surface area contributed by atoms with E-state index in [0.29, 0.717) is 11.1 Å². The minimum atomic E-state index is -0.289. The van der Waals surface area contributed by atoms with Crippen LogP contribution in [0.1, 0.15) is 27.0 Å². The molecule has 0 aliphatic heterocycles. The van der Waals surface area contributed by atoms with Crippen molar-refractivity contribution in [2.24, 2.45) is 10.9 Å². The van der Waals surface area contributed by atoms with E-state index in [4.69, 9.17) is 10.9 Å². The molecule has 0 spiro atoms. The van der Waals surface area contributed by atoms with Gasteiger partial charge in [0.1, 0.15) is 5.82 Å². The van der Waals surface area contributed by atoms with Crippen molar-refractivity contribution in [3.05, 3.63) is 46.6 Å². The molecule has 0 unspecified atom stereocenters. The van der Waals surface area contributed by atoms with Crippen molar-refractivity contribution in [1.82, 2.24) is 10.2 Å². The fourth-order valence-electron chi connectivity index (χ4n) is 1.79. The molecule has 1 heterocycles. The van der Waals surface area contributed by atoms with E-state index in [0.717, 1.165) is 11.1 Å². The molecule has 2 aromatic rings. The van der Waals surface area contributed by atoms with Gasteiger partial charge < -0.3 is 16.3 Å². The van der Waals surface area contributed by atoms with Gasteiger partial charge in [0.15, 0.2) is 5.84 Å². The Bertz CT molecular complexity index is 675. The Kier molecular flexibility index (Phi) is 3.69. The van der Waals surface area contributed by atoms with Crippen LogP contribution in [-0.4, -0.2) is 27.1 Å². The molecule has 1 aromatic heterocycles. The van der Waals surface area contributed by atoms with E-state index >= 15 is 0 Å². The summed E-state index contributed by atoms with van der Waals surface area (Å²) in [4.78, 5) is 12.2. The van der Waals surface area contributed by atoms with E-state index < -0.39 is 0 Å². The van der Waals surface area contributed by atoms with Crippen LogP contribution in [0.4, 0.5) is 5.82 Å². The highest BCUT2D eigenvalue weighted by molar-refractivity contribution is 6.09. The van der Waals surface area contributed by atoms with Gasteiger partial charge in [0.25, 0.3) is 5.91 Å². The summed E-state index contributed by atoms with van der Waals surface area (Å²) >= 11 is 0. The van der Waals surface area contributed by atoms with Gasteiger partial charge in [-0.3, -0.25) is 9.89 Å². The predicted molar refractivity (Wildman–Crippen MR) is 75.0 cm³/mol. The Hall–Kier alpha value is -2.83. The summed E-state index contributed by atoms with van der Waals surface area (Å²) in [6.07, 6.45) is 1.37. The zero-order valence-corrected chi connectivity index (χ0v) is 11.1. The number of nitrogens with one attached hydrogen (secondary N) is 2. The van der Waals surface area contributed by atoms with Crippen molar-refractivity contribution in [2.45, 2.75) is 13.8 Å². The largest absolute Gasteiger partial charge is 0.409 e. The summed E-state index contributed by atoms with van der Waals surface area (Å²) in [5.41, 5.74) is 8.23. The highest BCUT2D eigenvalue weighted by atomic mass is 16.4. The SMILES string of the molecule is Cc1ccc(C)c(C(=O)Nc2[nH]ncc2C(N)=NO)c1. The lowest BCUT2D eigenvalue weighted by molar-refractivity contribution is 0.102. The topological polar surface area (TPSA) is 116 Å². The van der Waals surface area contributed by atoms with E-state index in [-0.39, 0.29) is 17.6 Å². The molecule has 0 radical (unpaired) electrons. The quantitative estimate of drug-likeness (QED) is 0.292. The van der Waals surface area contributed by atoms with Crippen molar-refractivity contribution < 1.29 is 10.0 Å². The number of hydrogen-bond acceptors (Lipinski definition) is 4. The van der Waals surface area contributed by atoms with Crippen LogP contribution in [-0.2, 0) is 0 Å². The van der Waals surface area contributed by atoms with Gasteiger partial charge in [0, 0.05) is 5.56 Å². The van der Waals surface area contributed by atoms with Gasteiger partial charge in [-0.05, 0) is 25.5 Å². The number of amidine groups is 1. The first kappa shape index (κ1) is 13.6. The molecule has 0 atom stereocenters. The Morgan fingerprint density at radius 1 is 1.40 bits per heavy atom. The van der Waals surface area contributed by atoms with Crippen molar-refractivity contribution in [2.75, 3.05) is 5.32 Å². The molecule has 1 amide bonds. The molecule has 5 N–H and O–H groups in total. The summed E-state index contributed by atoms with van der Waals surface area (Å²) in [7, 11) is 0. The van der Waals surface area contributed by atoms with Crippen LogP contribution in [0.15, 0.2) is 29.6 Å². The van der Waals surface area contributed by atoms with Gasteiger partial charge in [-0.15, -0.1) is 0 Å². The summed E-state index contributed by atoms with van der Waals surface area (Å²) in [6, 6.07) is 5.61. The first-order chi connectivity index (χ1) is 9.52. The number of anilines is 1. The maximum atomic E-state index is 12.2. The fraction of sp³-hybridized carbons (Fsp3) is 0.154. The summed E-state index contributed by atoms with van der Waals surface area (Å²) in [5.74, 6) is -0.135. The number of rotatable bonds is 3. The fourth-order valence-corrected chi connectivity index (χ4v) is 1.79. The van der Waals surface area contributed by atoms with E-state index in [1.807, 2.05) is 26.0 Å². The van der Waals surface area contributed by atoms with Crippen LogP contribution in [0, 0.1) is 13.8 Å². The molecule has 0 saturated carbocycles. The average molecular weight is 273 g/mol. The normalized spacial score (nSPS) is 11.4. The van der Waals surface area contributed by atoms with Crippen molar-refractivity contribution in [1.29, 1.82) is 0 Å². The lowest BCUT2D eigenvalue weighted by Gasteiger charge is -2.08. The molecule has 0 bridgehead atoms. The van der Waals surface area contributed by atoms with Crippen LogP contribution in [0.2, 0.25) is 0 Å². The third-order valence-corrected chi connectivity index (χ3v) is 2.90. The molecule has 20 heavy (non-hydrogen) atoms. The van der Waals surface area contributed by atoms with Crippen molar-refractivity contribution in [3.8, 4) is 0 Å². The molecule has 0 fully saturated rings. The molecule has 2 rings (SSSR count). The summed E-state index contributed by atoms with van der Waals surface area (Å²) in [6.45, 7) is 3.76. The van der Waals surface area contributed by atoms with Crippen LogP contribution in [0.5, 0.6) is 0 Å². The first-order valence-electron chi connectivity index (χ1n) is 5.92. The highest BCUT2D eigenvalue weighted by Crippen LogP contribution is 2.15. The van der Waals surface area contributed by atoms with Gasteiger partial charge in [-0.25, -0.2) is 0 Å². The Morgan fingerprint density at radius 2 is 2.15 bits per heavy atom. The number of benzene rings is 1. The monoisotopic (exact) mass is 273 g/mol. The Labute approximate surface area is 115 Å². The van der Waals surface area contributed by atoms with Gasteiger partial charge in [0.05, 0.1) is 11.8 Å². The Balaban J connectivity index is 2.29. The van der Waals surface area contributed by atoms with Gasteiger partial charge in [-0.2, -0.15) is 5.10 Å². The molecule has 0 saturated heterocycles. The number of oxime groups is 1. The van der Waals surface area contributed by atoms with Gasteiger partial charge in [-0.1, -0.05) is 22.9 Å². The predicted octanol–water partition coefficient (Wildman–Crippen LogP) is 1.37. The molecular formula is C13H15N5O2. The van der Waals surface area contributed by atoms with E-state index in [9.17, 15) is 4.79 Å². The number of amides is 1. The maximum absolute atomic E-state index is 12.2. The van der Waals surface area contributed by atoms with E-state index in [2.05, 4.69) is 20.7 Å². The number of aromatic amines is 1. The second-order valence-electron chi connectivity index (χ2n) is 4.42. The molecular weight excluding hydrogens is 258 g/mol. The molecule has 104 valence electrons. The van der Waals surface area contributed by atoms with E-state index in [1.54, 1.807) is 6.07 Å². The van der Waals surface area contributed by atoms with Crippen molar-refractivity contribution >= 4 is 17.6 Å². The van der Waals surface area contributed by atoms with E-state index in [1.165, 1.54) is 6.20 Å². The lowest BCUT2D eigenvalue weighted by Crippen LogP contribution is -2.19. The smallest absolute Gasteiger partial charge is 0.257 e. The van der Waals surface area contributed by atoms with Crippen LogP contribution in [0.3, 0.4) is 0 Å². The van der Waals surface area contributed by atoms with Crippen molar-refractivity contribution in [3.63, 3.8) is 0 Å². The third-order valence-electron chi connectivity index (χ3n) is 2.90. The number of carbonyl (C=O) groups is 1. The number of H-pyrrole nitrogens is 1. The summed E-state index contributed by atoms with van der Waals surface area (Å²) < 4.78 is 0. The number of carbonyl (C=O) groups excluding carboxylic acids is 1. The van der Waals surface area contributed by atoms with Crippen LogP contribution in [0.25, 0.3) is 0 Å². The standard InChI is InChI=1S/C13H15N5O2/c1-7-3-4-8(2)9(5-7)13(19)16-12-10(6-15-17-12)11(14)18-20/h3-6,20H,1-2H3,(H2,14,18)(H2,15,16,17,19). The zero-order valence-electron chi connectivity index (χ0n) is 11.1. The first-order valence-corrected chi connectivity index (χ1v) is 5.92. The minimum Gasteiger partial charge on any atom is -0.409 e. The molecule has 7 heteroatoms. The lowest BCUT2D eigenvalue weighted by atomic mass is 10.1. The second-order valence-corrected chi connectivity index (χ2v) is 4.42. The molecule has 1 aromatic carbocycles. The minimum absolute atomic E-state index is 0.130. The zero-order chi connectivity index (χ0) is 14.7. The number of aromatic nitrogens is 2. The number of nitrogens with zero attached hydrogens (tertiary/aromatic N) is 2.